The molecule has 3 aromatic rings. The summed E-state index contributed by atoms with van der Waals surface area (Å²) in [5.74, 6) is -1.87. The lowest BCUT2D eigenvalue weighted by Gasteiger charge is -2.40. The second-order valence-corrected chi connectivity index (χ2v) is 11.4. The van der Waals surface area contributed by atoms with Gasteiger partial charge in [0.15, 0.2) is 11.4 Å². The molecule has 5 rings (SSSR count). The molecule has 0 N–H and O–H groups in total. The van der Waals surface area contributed by atoms with Crippen LogP contribution in [0, 0.1) is 0 Å². The summed E-state index contributed by atoms with van der Waals surface area (Å²) < 4.78 is 64.8. The maximum Gasteiger partial charge on any atom is 0.265 e. The van der Waals surface area contributed by atoms with Gasteiger partial charge in [0.2, 0.25) is 0 Å². The highest BCUT2D eigenvalue weighted by atomic mass is 32.2. The van der Waals surface area contributed by atoms with Gasteiger partial charge in [-0.1, -0.05) is 91.0 Å². The van der Waals surface area contributed by atoms with Gasteiger partial charge in [-0.2, -0.15) is 8.42 Å². The van der Waals surface area contributed by atoms with Crippen LogP contribution in [0.5, 0.6) is 0 Å². The molecule has 0 amide bonds. The zero-order valence-corrected chi connectivity index (χ0v) is 21.7. The molecule has 194 valence electrons. The second-order valence-electron chi connectivity index (χ2n) is 9.78. The van der Waals surface area contributed by atoms with Crippen LogP contribution >= 0.6 is 0 Å². The minimum absolute atomic E-state index is 0.471. The summed E-state index contributed by atoms with van der Waals surface area (Å²) in [6.07, 6.45) is 0.190. The summed E-state index contributed by atoms with van der Waals surface area (Å²) in [5.41, 5.74) is -0.945. The lowest BCUT2D eigenvalue weighted by molar-refractivity contribution is -0.177. The molecule has 1 fully saturated rings. The molecule has 0 radical (unpaired) electrons. The summed E-state index contributed by atoms with van der Waals surface area (Å²) in [7, 11) is -4.13. The van der Waals surface area contributed by atoms with Crippen LogP contribution in [0.15, 0.2) is 103 Å². The minimum atomic E-state index is -4.13. The van der Waals surface area contributed by atoms with E-state index in [0.717, 1.165) is 22.9 Å². The Hall–Kier alpha value is -2.88. The van der Waals surface area contributed by atoms with Crippen LogP contribution in [0.25, 0.3) is 0 Å². The van der Waals surface area contributed by atoms with Crippen molar-refractivity contribution in [1.82, 2.24) is 0 Å². The van der Waals surface area contributed by atoms with Gasteiger partial charge in [-0.15, -0.1) is 0 Å². The largest absolute Gasteiger partial charge is 0.357 e. The first-order chi connectivity index (χ1) is 17.6. The molecule has 0 unspecified atom stereocenters. The number of rotatable bonds is 8. The van der Waals surface area contributed by atoms with E-state index >= 15 is 4.39 Å². The van der Waals surface area contributed by atoms with Gasteiger partial charge in [-0.3, -0.25) is 4.18 Å². The van der Waals surface area contributed by atoms with Gasteiger partial charge in [-0.05, 0) is 36.6 Å². The number of hydrogen-bond acceptors (Lipinski definition) is 6. The van der Waals surface area contributed by atoms with E-state index in [1.165, 1.54) is 6.08 Å². The summed E-state index contributed by atoms with van der Waals surface area (Å²) in [4.78, 5) is 0. The van der Waals surface area contributed by atoms with Crippen molar-refractivity contribution < 1.29 is 31.2 Å². The molecule has 0 aromatic heterocycles. The van der Waals surface area contributed by atoms with Crippen molar-refractivity contribution in [3.8, 4) is 0 Å². The summed E-state index contributed by atoms with van der Waals surface area (Å²) in [5, 5.41) is 0. The number of halogens is 1. The summed E-state index contributed by atoms with van der Waals surface area (Å²) >= 11 is 0. The van der Waals surface area contributed by atoms with E-state index in [0.29, 0.717) is 0 Å². The number of fused-ring (bicyclic) bond motifs is 1. The smallest absolute Gasteiger partial charge is 0.265 e. The molecule has 8 heteroatoms. The highest BCUT2D eigenvalue weighted by Crippen LogP contribution is 2.49. The second kappa shape index (κ2) is 9.45. The maximum atomic E-state index is 15.8. The Kier molecular flexibility index (Phi) is 6.58. The fourth-order valence-electron chi connectivity index (χ4n) is 5.21. The van der Waals surface area contributed by atoms with Crippen LogP contribution in [0.1, 0.15) is 30.5 Å². The average Bonchev–Trinajstić information content (AvgIpc) is 3.30. The monoisotopic (exact) mass is 524 g/mol. The third-order valence-corrected chi connectivity index (χ3v) is 7.25. The summed E-state index contributed by atoms with van der Waals surface area (Å²) in [6.45, 7) is 2.90. The first kappa shape index (κ1) is 25.8. The third kappa shape index (κ3) is 4.76. The molecule has 1 heterocycles. The van der Waals surface area contributed by atoms with Gasteiger partial charge in [0.05, 0.1) is 12.9 Å². The van der Waals surface area contributed by atoms with E-state index in [2.05, 4.69) is 0 Å². The van der Waals surface area contributed by atoms with Crippen LogP contribution in [-0.2, 0) is 34.1 Å². The zero-order valence-electron chi connectivity index (χ0n) is 20.8. The van der Waals surface area contributed by atoms with Crippen LogP contribution < -0.4 is 0 Å². The summed E-state index contributed by atoms with van der Waals surface area (Å²) in [6, 6.07) is 28.6. The van der Waals surface area contributed by atoms with Crippen molar-refractivity contribution in [1.29, 1.82) is 0 Å². The van der Waals surface area contributed by atoms with Gasteiger partial charge in [0.1, 0.15) is 23.6 Å². The number of benzene rings is 3. The quantitative estimate of drug-likeness (QED) is 0.302. The molecule has 1 aliphatic carbocycles. The van der Waals surface area contributed by atoms with E-state index in [4.69, 9.17) is 18.4 Å². The lowest BCUT2D eigenvalue weighted by atomic mass is 9.80. The van der Waals surface area contributed by atoms with Gasteiger partial charge in [0.25, 0.3) is 10.1 Å². The molecular weight excluding hydrogens is 495 g/mol. The van der Waals surface area contributed by atoms with Crippen molar-refractivity contribution in [3.63, 3.8) is 0 Å². The Morgan fingerprint density at radius 1 is 0.838 bits per heavy atom. The van der Waals surface area contributed by atoms with Gasteiger partial charge in [0, 0.05) is 0 Å². The molecule has 0 spiro atoms. The fraction of sp³-hybridized carbons (Fsp3) is 0.310. The van der Waals surface area contributed by atoms with Crippen LogP contribution in [-0.4, -0.2) is 44.9 Å². The molecular formula is C29H29FO6S. The standard InChI is InChI=1S/C29H29FO6S/c1-27(2)34-24-19-25(30)28(26(24)35-27,36-37(3,31)32)20-33-29(21-13-7-4-8-14-21,22-15-9-5-10-16-22)23-17-11-6-12-18-23/h4-19,24,26H,20H2,1-3H3/t24-,26-,28+/m1/s1. The van der Waals surface area contributed by atoms with E-state index in [-0.39, 0.29) is 0 Å². The Morgan fingerprint density at radius 3 is 1.73 bits per heavy atom. The van der Waals surface area contributed by atoms with E-state index in [1.54, 1.807) is 13.8 Å². The first-order valence-corrected chi connectivity index (χ1v) is 13.8. The fourth-order valence-corrected chi connectivity index (χ4v) is 5.97. The molecule has 0 saturated carbocycles. The van der Waals surface area contributed by atoms with Crippen molar-refractivity contribution in [2.24, 2.45) is 0 Å². The molecule has 6 nitrogen and oxygen atoms in total. The minimum Gasteiger partial charge on any atom is -0.357 e. The SMILES string of the molecule is CC1(C)O[C@@H]2[C@@H](C=C(F)[C@]2(COC(c2ccccc2)(c2ccccc2)c2ccccc2)OS(C)(=O)=O)O1. The van der Waals surface area contributed by atoms with E-state index in [1.807, 2.05) is 91.0 Å². The van der Waals surface area contributed by atoms with Gasteiger partial charge >= 0.3 is 0 Å². The molecule has 3 atom stereocenters. The number of hydrogen-bond donors (Lipinski definition) is 0. The Labute approximate surface area is 216 Å². The average molecular weight is 525 g/mol. The van der Waals surface area contributed by atoms with Crippen molar-refractivity contribution in [2.75, 3.05) is 12.9 Å². The Bertz CT molecular complexity index is 1280. The van der Waals surface area contributed by atoms with Crippen molar-refractivity contribution >= 4 is 10.1 Å². The predicted molar refractivity (Wildman–Crippen MR) is 137 cm³/mol. The normalized spacial score (nSPS) is 25.0. The molecule has 37 heavy (non-hydrogen) atoms. The number of ether oxygens (including phenoxy) is 3. The Balaban J connectivity index is 1.67. The van der Waals surface area contributed by atoms with E-state index in [9.17, 15) is 8.42 Å². The van der Waals surface area contributed by atoms with Crippen molar-refractivity contribution in [2.45, 2.75) is 43.0 Å². The molecule has 2 aliphatic rings. The van der Waals surface area contributed by atoms with Gasteiger partial charge in [-0.25, -0.2) is 4.39 Å². The third-order valence-electron chi connectivity index (χ3n) is 6.65. The molecule has 1 saturated heterocycles. The Morgan fingerprint density at radius 2 is 1.30 bits per heavy atom. The van der Waals surface area contributed by atoms with Crippen LogP contribution in [0.4, 0.5) is 4.39 Å². The van der Waals surface area contributed by atoms with Crippen LogP contribution in [0.2, 0.25) is 0 Å². The first-order valence-electron chi connectivity index (χ1n) is 12.0. The predicted octanol–water partition coefficient (Wildman–Crippen LogP) is 5.10. The zero-order chi connectivity index (χ0) is 26.3. The highest BCUT2D eigenvalue weighted by molar-refractivity contribution is 7.86. The maximum absolute atomic E-state index is 15.8. The molecule has 0 bridgehead atoms. The van der Waals surface area contributed by atoms with Crippen molar-refractivity contribution in [3.05, 3.63) is 120 Å². The lowest BCUT2D eigenvalue weighted by Crippen LogP contribution is -2.53. The van der Waals surface area contributed by atoms with Gasteiger partial charge < -0.3 is 14.2 Å². The van der Waals surface area contributed by atoms with E-state index < -0.39 is 51.7 Å². The molecule has 1 aliphatic heterocycles. The topological polar surface area (TPSA) is 71.1 Å². The molecule has 3 aromatic carbocycles. The van der Waals surface area contributed by atoms with Crippen LogP contribution in [0.3, 0.4) is 0 Å². The highest BCUT2D eigenvalue weighted by Gasteiger charge is 2.62.